The van der Waals surface area contributed by atoms with Crippen molar-refractivity contribution in [2.75, 3.05) is 13.2 Å². The van der Waals surface area contributed by atoms with E-state index in [1.807, 2.05) is 30.3 Å². The molecular formula is C15H20N2O2S. The van der Waals surface area contributed by atoms with Gasteiger partial charge in [0.1, 0.15) is 0 Å². The van der Waals surface area contributed by atoms with Gasteiger partial charge in [0.2, 0.25) is 5.91 Å². The molecule has 1 fully saturated rings. The average molecular weight is 292 g/mol. The van der Waals surface area contributed by atoms with Crippen LogP contribution in [0.25, 0.3) is 0 Å². The Bertz CT molecular complexity index is 486. The standard InChI is InChI=1S/C15H20N2O2S/c16-13(20)15(7-4-8-15)14(19)17(9-10-18)11-12-5-2-1-3-6-12/h1-3,5-6,18H,4,7-11H2,(H2,16,20). The van der Waals surface area contributed by atoms with Gasteiger partial charge in [-0.1, -0.05) is 49.0 Å². The molecule has 0 heterocycles. The fourth-order valence-corrected chi connectivity index (χ4v) is 2.87. The summed E-state index contributed by atoms with van der Waals surface area (Å²) in [5, 5.41) is 9.20. The lowest BCUT2D eigenvalue weighted by atomic mass is 9.67. The Labute approximate surface area is 124 Å². The molecule has 1 amide bonds. The van der Waals surface area contributed by atoms with Gasteiger partial charge in [0.25, 0.3) is 0 Å². The quantitative estimate of drug-likeness (QED) is 0.779. The lowest BCUT2D eigenvalue weighted by molar-refractivity contribution is -0.143. The van der Waals surface area contributed by atoms with Gasteiger partial charge in [-0.2, -0.15) is 0 Å². The predicted octanol–water partition coefficient (Wildman–Crippen LogP) is 1.46. The maximum absolute atomic E-state index is 12.7. The summed E-state index contributed by atoms with van der Waals surface area (Å²) in [6.45, 7) is 0.717. The third-order valence-electron chi connectivity index (χ3n) is 3.96. The third kappa shape index (κ3) is 2.83. The molecule has 0 aromatic heterocycles. The third-order valence-corrected chi connectivity index (χ3v) is 4.35. The van der Waals surface area contributed by atoms with E-state index in [0.717, 1.165) is 24.8 Å². The van der Waals surface area contributed by atoms with Crippen LogP contribution in [0.3, 0.4) is 0 Å². The Morgan fingerprint density at radius 2 is 2.00 bits per heavy atom. The second-order valence-corrected chi connectivity index (χ2v) is 5.68. The smallest absolute Gasteiger partial charge is 0.236 e. The minimum absolute atomic E-state index is 0.0471. The van der Waals surface area contributed by atoms with E-state index in [1.54, 1.807) is 4.90 Å². The van der Waals surface area contributed by atoms with Crippen molar-refractivity contribution in [3.05, 3.63) is 35.9 Å². The average Bonchev–Trinajstić information content (AvgIpc) is 2.37. The van der Waals surface area contributed by atoms with Gasteiger partial charge in [-0.3, -0.25) is 4.79 Å². The summed E-state index contributed by atoms with van der Waals surface area (Å²) >= 11 is 5.09. The Balaban J connectivity index is 2.16. The van der Waals surface area contributed by atoms with Crippen LogP contribution in [-0.2, 0) is 11.3 Å². The maximum atomic E-state index is 12.7. The molecule has 1 saturated carbocycles. The summed E-state index contributed by atoms with van der Waals surface area (Å²) in [4.78, 5) is 14.7. The lowest BCUT2D eigenvalue weighted by Gasteiger charge is -2.42. The molecular weight excluding hydrogens is 272 g/mol. The Kier molecular flexibility index (Phi) is 4.73. The number of thiocarbonyl (C=S) groups is 1. The molecule has 0 atom stereocenters. The molecule has 3 N–H and O–H groups in total. The minimum atomic E-state index is -0.681. The van der Waals surface area contributed by atoms with Crippen LogP contribution < -0.4 is 5.73 Å². The molecule has 20 heavy (non-hydrogen) atoms. The first kappa shape index (κ1) is 14.9. The molecule has 1 aromatic rings. The highest BCUT2D eigenvalue weighted by Crippen LogP contribution is 2.43. The molecule has 1 aliphatic rings. The van der Waals surface area contributed by atoms with Crippen molar-refractivity contribution in [1.29, 1.82) is 0 Å². The highest BCUT2D eigenvalue weighted by Gasteiger charge is 2.48. The summed E-state index contributed by atoms with van der Waals surface area (Å²) in [5.41, 5.74) is 6.14. The highest BCUT2D eigenvalue weighted by atomic mass is 32.1. The molecule has 5 heteroatoms. The van der Waals surface area contributed by atoms with Crippen molar-refractivity contribution < 1.29 is 9.90 Å². The number of nitrogens with two attached hydrogens (primary N) is 1. The van der Waals surface area contributed by atoms with Crippen LogP contribution in [0, 0.1) is 5.41 Å². The fourth-order valence-electron chi connectivity index (χ4n) is 2.58. The van der Waals surface area contributed by atoms with E-state index < -0.39 is 5.41 Å². The van der Waals surface area contributed by atoms with Gasteiger partial charge in [-0.05, 0) is 18.4 Å². The van der Waals surface area contributed by atoms with Crippen LogP contribution in [-0.4, -0.2) is 34.1 Å². The molecule has 108 valence electrons. The summed E-state index contributed by atoms with van der Waals surface area (Å²) in [6, 6.07) is 9.73. The number of aliphatic hydroxyl groups excluding tert-OH is 1. The van der Waals surface area contributed by atoms with Crippen LogP contribution in [0.5, 0.6) is 0 Å². The van der Waals surface area contributed by atoms with E-state index in [4.69, 9.17) is 18.0 Å². The number of nitrogens with zero attached hydrogens (tertiary/aromatic N) is 1. The van der Waals surface area contributed by atoms with Crippen LogP contribution >= 0.6 is 12.2 Å². The lowest BCUT2D eigenvalue weighted by Crippen LogP contribution is -2.54. The summed E-state index contributed by atoms with van der Waals surface area (Å²) in [5.74, 6) is -0.0471. The number of hydrogen-bond donors (Lipinski definition) is 2. The molecule has 2 rings (SSSR count). The Morgan fingerprint density at radius 3 is 2.45 bits per heavy atom. The van der Waals surface area contributed by atoms with E-state index in [0.29, 0.717) is 13.1 Å². The van der Waals surface area contributed by atoms with Crippen LogP contribution in [0.2, 0.25) is 0 Å². The first-order valence-electron chi connectivity index (χ1n) is 6.84. The predicted molar refractivity (Wildman–Crippen MR) is 82.0 cm³/mol. The Morgan fingerprint density at radius 1 is 1.35 bits per heavy atom. The Hall–Kier alpha value is -1.46. The monoisotopic (exact) mass is 292 g/mol. The van der Waals surface area contributed by atoms with Crippen LogP contribution in [0.15, 0.2) is 30.3 Å². The molecule has 4 nitrogen and oxygen atoms in total. The molecule has 0 unspecified atom stereocenters. The first-order valence-corrected chi connectivity index (χ1v) is 7.25. The normalized spacial score (nSPS) is 16.2. The zero-order valence-corrected chi connectivity index (χ0v) is 12.2. The number of hydrogen-bond acceptors (Lipinski definition) is 3. The van der Waals surface area contributed by atoms with E-state index >= 15 is 0 Å². The van der Waals surface area contributed by atoms with Crippen LogP contribution in [0.1, 0.15) is 24.8 Å². The molecule has 0 bridgehead atoms. The molecule has 0 aliphatic heterocycles. The van der Waals surface area contributed by atoms with Gasteiger partial charge in [-0.15, -0.1) is 0 Å². The van der Waals surface area contributed by atoms with Gasteiger partial charge < -0.3 is 15.7 Å². The van der Waals surface area contributed by atoms with Gasteiger partial charge in [-0.25, -0.2) is 0 Å². The molecule has 1 aliphatic carbocycles. The first-order chi connectivity index (χ1) is 9.60. The molecule has 0 spiro atoms. The number of rotatable bonds is 6. The maximum Gasteiger partial charge on any atom is 0.236 e. The van der Waals surface area contributed by atoms with Crippen molar-refractivity contribution in [2.45, 2.75) is 25.8 Å². The SMILES string of the molecule is NC(=S)C1(C(=O)N(CCO)Cc2ccccc2)CCC1. The zero-order valence-electron chi connectivity index (χ0n) is 11.4. The molecule has 1 aromatic carbocycles. The van der Waals surface area contributed by atoms with Gasteiger partial charge in [0, 0.05) is 13.1 Å². The van der Waals surface area contributed by atoms with Gasteiger partial charge >= 0.3 is 0 Å². The second kappa shape index (κ2) is 6.33. The molecule has 0 saturated heterocycles. The number of carbonyl (C=O) groups excluding carboxylic acids is 1. The number of benzene rings is 1. The van der Waals surface area contributed by atoms with Crippen molar-refractivity contribution in [3.8, 4) is 0 Å². The zero-order chi connectivity index (χ0) is 14.6. The topological polar surface area (TPSA) is 66.6 Å². The van der Waals surface area contributed by atoms with Crippen molar-refractivity contribution in [1.82, 2.24) is 4.90 Å². The van der Waals surface area contributed by atoms with E-state index in [1.165, 1.54) is 0 Å². The number of aliphatic hydroxyl groups is 1. The van der Waals surface area contributed by atoms with Gasteiger partial charge in [0.15, 0.2) is 0 Å². The van der Waals surface area contributed by atoms with Gasteiger partial charge in [0.05, 0.1) is 17.0 Å². The fraction of sp³-hybridized carbons (Fsp3) is 0.467. The summed E-state index contributed by atoms with van der Waals surface area (Å²) in [7, 11) is 0. The number of carbonyl (C=O) groups is 1. The molecule has 0 radical (unpaired) electrons. The van der Waals surface area contributed by atoms with Crippen molar-refractivity contribution in [2.24, 2.45) is 11.1 Å². The van der Waals surface area contributed by atoms with Crippen molar-refractivity contribution >= 4 is 23.1 Å². The minimum Gasteiger partial charge on any atom is -0.395 e. The highest BCUT2D eigenvalue weighted by molar-refractivity contribution is 7.80. The largest absolute Gasteiger partial charge is 0.395 e. The van der Waals surface area contributed by atoms with Crippen molar-refractivity contribution in [3.63, 3.8) is 0 Å². The summed E-state index contributed by atoms with van der Waals surface area (Å²) < 4.78 is 0. The van der Waals surface area contributed by atoms with E-state index in [2.05, 4.69) is 0 Å². The second-order valence-electron chi connectivity index (χ2n) is 5.24. The van der Waals surface area contributed by atoms with E-state index in [-0.39, 0.29) is 17.5 Å². The number of amides is 1. The summed E-state index contributed by atoms with van der Waals surface area (Å²) in [6.07, 6.45) is 2.41. The van der Waals surface area contributed by atoms with E-state index in [9.17, 15) is 9.90 Å². The van der Waals surface area contributed by atoms with Crippen LogP contribution in [0.4, 0.5) is 0 Å².